The summed E-state index contributed by atoms with van der Waals surface area (Å²) < 4.78 is 34.6. The number of rotatable bonds is 5. The van der Waals surface area contributed by atoms with Gasteiger partial charge in [-0.1, -0.05) is 17.8 Å². The van der Waals surface area contributed by atoms with Gasteiger partial charge in [0.05, 0.1) is 37.8 Å². The van der Waals surface area contributed by atoms with Gasteiger partial charge in [0.2, 0.25) is 0 Å². The molecule has 0 spiro atoms. The Morgan fingerprint density at radius 2 is 2.07 bits per heavy atom. The van der Waals surface area contributed by atoms with Gasteiger partial charge in [-0.3, -0.25) is 4.79 Å². The Kier molecular flexibility index (Phi) is 5.62. The highest BCUT2D eigenvalue weighted by Crippen LogP contribution is 2.39. The average molecular weight is 409 g/mol. The lowest BCUT2D eigenvalue weighted by molar-refractivity contribution is -0.116. The fourth-order valence-electron chi connectivity index (χ4n) is 3.21. The first-order chi connectivity index (χ1) is 12.9. The zero-order chi connectivity index (χ0) is 19.6. The molecule has 2 aliphatic heterocycles. The van der Waals surface area contributed by atoms with Crippen molar-refractivity contribution >= 4 is 32.7 Å². The first-order valence-corrected chi connectivity index (χ1v) is 10.9. The number of thioether (sulfide) groups is 1. The number of ether oxygens (including phenoxy) is 2. The van der Waals surface area contributed by atoms with Gasteiger partial charge < -0.3 is 14.4 Å². The van der Waals surface area contributed by atoms with Crippen LogP contribution in [0, 0.1) is 11.3 Å². The summed E-state index contributed by atoms with van der Waals surface area (Å²) in [4.78, 5) is 17.7. The van der Waals surface area contributed by atoms with E-state index in [0.717, 1.165) is 5.56 Å². The number of nitriles is 1. The van der Waals surface area contributed by atoms with Crippen molar-refractivity contribution in [3.8, 4) is 17.6 Å². The molecular formula is C17H19N3O5S2. The van der Waals surface area contributed by atoms with Crippen molar-refractivity contribution in [1.29, 1.82) is 5.26 Å². The standard InChI is InChI=1S/C17H19N3O5S2/c1-24-13-4-3-11(7-14(13)25-2)8-20-12-9-27(22,23)10-15(12)26-17(20)19-16(21)5-6-18/h3-4,7,12,15H,5,8-10H2,1-2H3/t12-,15+/m1/s1. The van der Waals surface area contributed by atoms with Gasteiger partial charge in [0, 0.05) is 11.8 Å². The Bertz CT molecular complexity index is 923. The van der Waals surface area contributed by atoms with Crippen molar-refractivity contribution in [3.63, 3.8) is 0 Å². The number of carbonyl (C=O) groups is 1. The van der Waals surface area contributed by atoms with Crippen molar-refractivity contribution in [1.82, 2.24) is 4.90 Å². The van der Waals surface area contributed by atoms with E-state index in [9.17, 15) is 13.2 Å². The third-order valence-corrected chi connectivity index (χ3v) is 7.67. The maximum atomic E-state index is 12.0. The van der Waals surface area contributed by atoms with Gasteiger partial charge in [0.1, 0.15) is 6.42 Å². The minimum Gasteiger partial charge on any atom is -0.493 e. The molecule has 2 atom stereocenters. The van der Waals surface area contributed by atoms with E-state index >= 15 is 0 Å². The summed E-state index contributed by atoms with van der Waals surface area (Å²) in [6.45, 7) is 0.378. The van der Waals surface area contributed by atoms with Gasteiger partial charge in [-0.2, -0.15) is 10.3 Å². The number of carbonyl (C=O) groups excluding carboxylic acids is 1. The second-order valence-corrected chi connectivity index (χ2v) is 9.60. The number of methoxy groups -OCH3 is 2. The summed E-state index contributed by atoms with van der Waals surface area (Å²) in [5.41, 5.74) is 0.874. The zero-order valence-electron chi connectivity index (χ0n) is 14.9. The minimum absolute atomic E-state index is 0.0312. The van der Waals surface area contributed by atoms with E-state index in [4.69, 9.17) is 14.7 Å². The molecule has 1 aromatic carbocycles. The van der Waals surface area contributed by atoms with Crippen LogP contribution in [0.25, 0.3) is 0 Å². The molecule has 144 valence electrons. The molecule has 0 aliphatic carbocycles. The number of amides is 1. The van der Waals surface area contributed by atoms with E-state index in [2.05, 4.69) is 4.99 Å². The predicted molar refractivity (Wildman–Crippen MR) is 102 cm³/mol. The number of fused-ring (bicyclic) bond motifs is 1. The highest BCUT2D eigenvalue weighted by atomic mass is 32.2. The van der Waals surface area contributed by atoms with Gasteiger partial charge in [-0.25, -0.2) is 8.42 Å². The van der Waals surface area contributed by atoms with E-state index in [1.165, 1.54) is 11.8 Å². The van der Waals surface area contributed by atoms with Crippen LogP contribution in [0.4, 0.5) is 0 Å². The molecule has 0 bridgehead atoms. The number of benzene rings is 1. The van der Waals surface area contributed by atoms with Crippen molar-refractivity contribution in [2.24, 2.45) is 4.99 Å². The molecule has 1 amide bonds. The molecule has 0 aromatic heterocycles. The van der Waals surface area contributed by atoms with E-state index in [1.807, 2.05) is 17.0 Å². The molecule has 10 heteroatoms. The molecule has 0 radical (unpaired) electrons. The highest BCUT2D eigenvalue weighted by molar-refractivity contribution is 8.15. The second kappa shape index (κ2) is 7.78. The Morgan fingerprint density at radius 1 is 1.33 bits per heavy atom. The van der Waals surface area contributed by atoms with Crippen LogP contribution >= 0.6 is 11.8 Å². The molecule has 1 aromatic rings. The Labute approximate surface area is 162 Å². The van der Waals surface area contributed by atoms with Gasteiger partial charge in [-0.15, -0.1) is 0 Å². The van der Waals surface area contributed by atoms with Crippen LogP contribution in [0.5, 0.6) is 11.5 Å². The van der Waals surface area contributed by atoms with Crippen LogP contribution in [-0.4, -0.2) is 61.4 Å². The van der Waals surface area contributed by atoms with E-state index in [0.29, 0.717) is 23.2 Å². The quantitative estimate of drug-likeness (QED) is 0.714. The van der Waals surface area contributed by atoms with Gasteiger partial charge in [0.15, 0.2) is 26.5 Å². The number of amidine groups is 1. The van der Waals surface area contributed by atoms with E-state index in [-0.39, 0.29) is 29.2 Å². The molecular weight excluding hydrogens is 390 g/mol. The summed E-state index contributed by atoms with van der Waals surface area (Å²) >= 11 is 1.29. The van der Waals surface area contributed by atoms with Crippen LogP contribution in [0.2, 0.25) is 0 Å². The number of aliphatic imine (C=N–C) groups is 1. The van der Waals surface area contributed by atoms with Crippen LogP contribution in [0.15, 0.2) is 23.2 Å². The van der Waals surface area contributed by atoms with Crippen LogP contribution in [-0.2, 0) is 21.2 Å². The Hall–Kier alpha value is -2.25. The van der Waals surface area contributed by atoms with Gasteiger partial charge >= 0.3 is 0 Å². The molecule has 8 nitrogen and oxygen atoms in total. The molecule has 0 saturated carbocycles. The summed E-state index contributed by atoms with van der Waals surface area (Å²) in [5.74, 6) is 0.729. The molecule has 27 heavy (non-hydrogen) atoms. The molecule has 2 aliphatic rings. The van der Waals surface area contributed by atoms with E-state index in [1.54, 1.807) is 26.4 Å². The Morgan fingerprint density at radius 3 is 2.74 bits per heavy atom. The third kappa shape index (κ3) is 4.20. The number of hydrogen-bond donors (Lipinski definition) is 0. The maximum absolute atomic E-state index is 12.0. The minimum atomic E-state index is -3.12. The molecule has 2 saturated heterocycles. The van der Waals surface area contributed by atoms with Gasteiger partial charge in [0.25, 0.3) is 5.91 Å². The summed E-state index contributed by atoms with van der Waals surface area (Å²) in [6.07, 6.45) is -0.304. The SMILES string of the molecule is COc1ccc(CN2C(=NC(=O)CC#N)S[C@H]3CS(=O)(=O)C[C@H]32)cc1OC. The smallest absolute Gasteiger partial charge is 0.262 e. The van der Waals surface area contributed by atoms with E-state index < -0.39 is 15.7 Å². The molecule has 0 N–H and O–H groups in total. The molecule has 3 rings (SSSR count). The lowest BCUT2D eigenvalue weighted by Crippen LogP contribution is -2.37. The number of nitrogens with zero attached hydrogens (tertiary/aromatic N) is 3. The zero-order valence-corrected chi connectivity index (χ0v) is 16.5. The predicted octanol–water partition coefficient (Wildman–Crippen LogP) is 1.21. The van der Waals surface area contributed by atoms with Crippen molar-refractivity contribution in [2.75, 3.05) is 25.7 Å². The molecule has 2 heterocycles. The number of sulfone groups is 1. The Balaban J connectivity index is 1.90. The summed E-state index contributed by atoms with van der Waals surface area (Å²) in [6, 6.07) is 6.99. The average Bonchev–Trinajstić information content (AvgIpc) is 3.07. The summed E-state index contributed by atoms with van der Waals surface area (Å²) in [5, 5.41) is 8.99. The first kappa shape index (κ1) is 19.5. The first-order valence-electron chi connectivity index (χ1n) is 8.20. The van der Waals surface area contributed by atoms with Crippen molar-refractivity contribution in [3.05, 3.63) is 23.8 Å². The largest absolute Gasteiger partial charge is 0.493 e. The second-order valence-electron chi connectivity index (χ2n) is 6.24. The summed E-state index contributed by atoms with van der Waals surface area (Å²) in [7, 11) is -0.0240. The molecule has 0 unspecified atom stereocenters. The monoisotopic (exact) mass is 409 g/mol. The van der Waals surface area contributed by atoms with Crippen LogP contribution in [0.3, 0.4) is 0 Å². The lowest BCUT2D eigenvalue weighted by atomic mass is 10.1. The maximum Gasteiger partial charge on any atom is 0.262 e. The fourth-order valence-corrected chi connectivity index (χ4v) is 7.18. The lowest BCUT2D eigenvalue weighted by Gasteiger charge is -2.24. The fraction of sp³-hybridized carbons (Fsp3) is 0.471. The van der Waals surface area contributed by atoms with Crippen molar-refractivity contribution < 1.29 is 22.7 Å². The normalized spacial score (nSPS) is 24.5. The topological polar surface area (TPSA) is 109 Å². The van der Waals surface area contributed by atoms with Gasteiger partial charge in [-0.05, 0) is 17.7 Å². The van der Waals surface area contributed by atoms with Crippen molar-refractivity contribution in [2.45, 2.75) is 24.3 Å². The molecule has 2 fully saturated rings. The van der Waals surface area contributed by atoms with Crippen LogP contribution in [0.1, 0.15) is 12.0 Å². The van der Waals surface area contributed by atoms with Crippen LogP contribution < -0.4 is 9.47 Å². The number of hydrogen-bond acceptors (Lipinski definition) is 7. The highest BCUT2D eigenvalue weighted by Gasteiger charge is 2.48. The third-order valence-electron chi connectivity index (χ3n) is 4.43.